The van der Waals surface area contributed by atoms with Gasteiger partial charge in [-0.3, -0.25) is 4.79 Å². The first-order valence-corrected chi connectivity index (χ1v) is 7.77. The molecule has 1 aliphatic heterocycles. The lowest BCUT2D eigenvalue weighted by molar-refractivity contribution is -0.135. The molecule has 4 nitrogen and oxygen atoms in total. The predicted molar refractivity (Wildman–Crippen MR) is 75.5 cm³/mol. The molecular weight excluding hydrogens is 240 g/mol. The SMILES string of the molecule is CC1CCN(C(=O)CCC2CCCC(N)C2)CC1O. The van der Waals surface area contributed by atoms with Crippen molar-refractivity contribution >= 4 is 5.91 Å². The Morgan fingerprint density at radius 2 is 2.16 bits per heavy atom. The lowest BCUT2D eigenvalue weighted by Crippen LogP contribution is -2.45. The van der Waals surface area contributed by atoms with Gasteiger partial charge in [-0.2, -0.15) is 0 Å². The number of piperidine rings is 1. The van der Waals surface area contributed by atoms with Gasteiger partial charge in [0.1, 0.15) is 0 Å². The van der Waals surface area contributed by atoms with Gasteiger partial charge in [-0.15, -0.1) is 0 Å². The Labute approximate surface area is 116 Å². The highest BCUT2D eigenvalue weighted by atomic mass is 16.3. The molecule has 1 heterocycles. The monoisotopic (exact) mass is 268 g/mol. The zero-order valence-electron chi connectivity index (χ0n) is 12.1. The summed E-state index contributed by atoms with van der Waals surface area (Å²) in [7, 11) is 0. The molecule has 2 fully saturated rings. The lowest BCUT2D eigenvalue weighted by atomic mass is 9.83. The Morgan fingerprint density at radius 1 is 1.37 bits per heavy atom. The van der Waals surface area contributed by atoms with E-state index < -0.39 is 0 Å². The van der Waals surface area contributed by atoms with Crippen LogP contribution in [-0.2, 0) is 4.79 Å². The number of carbonyl (C=O) groups excluding carboxylic acids is 1. The fourth-order valence-electron chi connectivity index (χ4n) is 3.36. The minimum absolute atomic E-state index is 0.213. The smallest absolute Gasteiger partial charge is 0.222 e. The van der Waals surface area contributed by atoms with E-state index in [4.69, 9.17) is 5.73 Å². The highest BCUT2D eigenvalue weighted by Crippen LogP contribution is 2.27. The largest absolute Gasteiger partial charge is 0.391 e. The molecule has 4 heteroatoms. The Hall–Kier alpha value is -0.610. The van der Waals surface area contributed by atoms with Crippen molar-refractivity contribution in [2.75, 3.05) is 13.1 Å². The van der Waals surface area contributed by atoms with Gasteiger partial charge in [-0.1, -0.05) is 19.8 Å². The van der Waals surface area contributed by atoms with Gasteiger partial charge >= 0.3 is 0 Å². The van der Waals surface area contributed by atoms with Crippen LogP contribution in [-0.4, -0.2) is 41.1 Å². The normalized spacial score (nSPS) is 36.3. The third kappa shape index (κ3) is 4.18. The average molecular weight is 268 g/mol. The number of aliphatic hydroxyl groups is 1. The molecule has 0 bridgehead atoms. The fraction of sp³-hybridized carbons (Fsp3) is 0.933. The van der Waals surface area contributed by atoms with Crippen molar-refractivity contribution in [1.82, 2.24) is 4.90 Å². The summed E-state index contributed by atoms with van der Waals surface area (Å²) < 4.78 is 0. The zero-order valence-corrected chi connectivity index (χ0v) is 12.1. The van der Waals surface area contributed by atoms with Crippen molar-refractivity contribution in [1.29, 1.82) is 0 Å². The summed E-state index contributed by atoms with van der Waals surface area (Å²) in [6.07, 6.45) is 6.81. The van der Waals surface area contributed by atoms with Crippen molar-refractivity contribution in [2.24, 2.45) is 17.6 Å². The van der Waals surface area contributed by atoms with Crippen LogP contribution < -0.4 is 5.73 Å². The molecule has 4 unspecified atom stereocenters. The third-order valence-corrected chi connectivity index (χ3v) is 4.86. The van der Waals surface area contributed by atoms with Crippen LogP contribution in [0.4, 0.5) is 0 Å². The average Bonchev–Trinajstić information content (AvgIpc) is 2.39. The van der Waals surface area contributed by atoms with E-state index in [1.807, 2.05) is 4.90 Å². The summed E-state index contributed by atoms with van der Waals surface area (Å²) in [6.45, 7) is 3.38. The summed E-state index contributed by atoms with van der Waals surface area (Å²) in [5.41, 5.74) is 5.98. The van der Waals surface area contributed by atoms with Crippen LogP contribution in [0.3, 0.4) is 0 Å². The maximum absolute atomic E-state index is 12.2. The molecular formula is C15H28N2O2. The summed E-state index contributed by atoms with van der Waals surface area (Å²) in [4.78, 5) is 14.0. The zero-order chi connectivity index (χ0) is 13.8. The van der Waals surface area contributed by atoms with E-state index in [0.29, 0.717) is 30.8 Å². The lowest BCUT2D eigenvalue weighted by Gasteiger charge is -2.35. The van der Waals surface area contributed by atoms with E-state index in [2.05, 4.69) is 6.92 Å². The van der Waals surface area contributed by atoms with Gasteiger partial charge in [0, 0.05) is 25.6 Å². The highest BCUT2D eigenvalue weighted by Gasteiger charge is 2.28. The molecule has 0 aromatic heterocycles. The minimum atomic E-state index is -0.346. The second-order valence-corrected chi connectivity index (χ2v) is 6.50. The Bertz CT molecular complexity index is 309. The topological polar surface area (TPSA) is 66.6 Å². The summed E-state index contributed by atoms with van der Waals surface area (Å²) in [5.74, 6) is 1.16. The first-order chi connectivity index (χ1) is 9.06. The summed E-state index contributed by atoms with van der Waals surface area (Å²) >= 11 is 0. The van der Waals surface area contributed by atoms with Crippen LogP contribution >= 0.6 is 0 Å². The van der Waals surface area contributed by atoms with Crippen LogP contribution in [0.2, 0.25) is 0 Å². The number of likely N-dealkylation sites (tertiary alicyclic amines) is 1. The molecule has 110 valence electrons. The fourth-order valence-corrected chi connectivity index (χ4v) is 3.36. The molecule has 1 aliphatic carbocycles. The summed E-state index contributed by atoms with van der Waals surface area (Å²) in [6, 6.07) is 0.339. The Kier molecular flexibility index (Phi) is 5.22. The minimum Gasteiger partial charge on any atom is -0.391 e. The van der Waals surface area contributed by atoms with E-state index in [0.717, 1.165) is 32.2 Å². The first kappa shape index (κ1) is 14.8. The van der Waals surface area contributed by atoms with Crippen LogP contribution in [0, 0.1) is 11.8 Å². The number of aliphatic hydroxyl groups excluding tert-OH is 1. The molecule has 0 radical (unpaired) electrons. The molecule has 4 atom stereocenters. The molecule has 1 saturated carbocycles. The molecule has 0 spiro atoms. The van der Waals surface area contributed by atoms with Crippen molar-refractivity contribution < 1.29 is 9.90 Å². The van der Waals surface area contributed by atoms with Crippen LogP contribution in [0.5, 0.6) is 0 Å². The van der Waals surface area contributed by atoms with E-state index in [-0.39, 0.29) is 12.0 Å². The van der Waals surface area contributed by atoms with Gasteiger partial charge < -0.3 is 15.7 Å². The van der Waals surface area contributed by atoms with Gasteiger partial charge in [0.05, 0.1) is 6.10 Å². The first-order valence-electron chi connectivity index (χ1n) is 7.77. The predicted octanol–water partition coefficient (Wildman–Crippen LogP) is 1.51. The van der Waals surface area contributed by atoms with E-state index in [9.17, 15) is 9.90 Å². The molecule has 19 heavy (non-hydrogen) atoms. The number of nitrogens with two attached hydrogens (primary N) is 1. The third-order valence-electron chi connectivity index (χ3n) is 4.86. The van der Waals surface area contributed by atoms with Crippen molar-refractivity contribution in [2.45, 2.75) is 64.0 Å². The highest BCUT2D eigenvalue weighted by molar-refractivity contribution is 5.76. The number of rotatable bonds is 3. The Balaban J connectivity index is 1.72. The maximum Gasteiger partial charge on any atom is 0.222 e. The molecule has 2 rings (SSSR count). The van der Waals surface area contributed by atoms with Crippen LogP contribution in [0.25, 0.3) is 0 Å². The van der Waals surface area contributed by atoms with Gasteiger partial charge in [0.25, 0.3) is 0 Å². The number of hydrogen-bond donors (Lipinski definition) is 2. The summed E-state index contributed by atoms with van der Waals surface area (Å²) in [5, 5.41) is 9.84. The quantitative estimate of drug-likeness (QED) is 0.815. The molecule has 0 aromatic carbocycles. The van der Waals surface area contributed by atoms with Crippen molar-refractivity contribution in [3.63, 3.8) is 0 Å². The number of amides is 1. The second kappa shape index (κ2) is 6.71. The standard InChI is InChI=1S/C15H28N2O2/c1-11-7-8-17(10-14(11)18)15(19)6-5-12-3-2-4-13(16)9-12/h11-14,18H,2-10,16H2,1H3. The van der Waals surface area contributed by atoms with Gasteiger partial charge in [0.2, 0.25) is 5.91 Å². The molecule has 2 aliphatic rings. The maximum atomic E-state index is 12.2. The van der Waals surface area contributed by atoms with Gasteiger partial charge in [-0.05, 0) is 37.5 Å². The molecule has 1 saturated heterocycles. The van der Waals surface area contributed by atoms with Crippen molar-refractivity contribution in [3.8, 4) is 0 Å². The van der Waals surface area contributed by atoms with Crippen molar-refractivity contribution in [3.05, 3.63) is 0 Å². The van der Waals surface area contributed by atoms with Crippen LogP contribution in [0.15, 0.2) is 0 Å². The number of hydrogen-bond acceptors (Lipinski definition) is 3. The molecule has 0 aromatic rings. The number of carbonyl (C=O) groups is 1. The van der Waals surface area contributed by atoms with Gasteiger partial charge in [0.15, 0.2) is 0 Å². The number of β-amino-alcohol motifs (C(OH)–C–C–N with tert-alkyl or cyclic N) is 1. The number of nitrogens with zero attached hydrogens (tertiary/aromatic N) is 1. The van der Waals surface area contributed by atoms with Crippen LogP contribution in [0.1, 0.15) is 51.9 Å². The van der Waals surface area contributed by atoms with E-state index in [1.54, 1.807) is 0 Å². The Morgan fingerprint density at radius 3 is 2.84 bits per heavy atom. The van der Waals surface area contributed by atoms with E-state index >= 15 is 0 Å². The second-order valence-electron chi connectivity index (χ2n) is 6.50. The van der Waals surface area contributed by atoms with Gasteiger partial charge in [-0.25, -0.2) is 0 Å². The van der Waals surface area contributed by atoms with E-state index in [1.165, 1.54) is 12.8 Å². The molecule has 1 amide bonds. The molecule has 3 N–H and O–H groups in total.